The number of hydrogen-bond donors (Lipinski definition) is 0. The summed E-state index contributed by atoms with van der Waals surface area (Å²) >= 11 is 0. The van der Waals surface area contributed by atoms with E-state index in [4.69, 9.17) is 0 Å². The summed E-state index contributed by atoms with van der Waals surface area (Å²) < 4.78 is 4.69. The molecule has 41 valence electrons. The smallest absolute Gasteiger partial charge is 0.272 e. The van der Waals surface area contributed by atoms with E-state index < -0.39 is 0 Å². The van der Waals surface area contributed by atoms with Gasteiger partial charge in [-0.15, -0.1) is 0 Å². The van der Waals surface area contributed by atoms with Crippen molar-refractivity contribution in [2.75, 3.05) is 0 Å². The molecule has 0 aromatic carbocycles. The molecule has 2 nitrogen and oxygen atoms in total. The number of aryl methyl sites for hydroxylation is 1. The van der Waals surface area contributed by atoms with E-state index in [2.05, 4.69) is 4.42 Å². The first-order chi connectivity index (χ1) is 3.84. The van der Waals surface area contributed by atoms with E-state index in [1.54, 1.807) is 19.3 Å². The van der Waals surface area contributed by atoms with Crippen molar-refractivity contribution in [3.8, 4) is 0 Å². The van der Waals surface area contributed by atoms with Crippen molar-refractivity contribution < 1.29 is 9.21 Å². The van der Waals surface area contributed by atoms with Crippen LogP contribution >= 0.6 is 0 Å². The van der Waals surface area contributed by atoms with Gasteiger partial charge in [0.15, 0.2) is 5.76 Å². The van der Waals surface area contributed by atoms with Crippen LogP contribution in [0.5, 0.6) is 0 Å². The van der Waals surface area contributed by atoms with E-state index >= 15 is 0 Å². The van der Waals surface area contributed by atoms with Crippen molar-refractivity contribution in [1.29, 1.82) is 0 Å². The van der Waals surface area contributed by atoms with Crippen molar-refractivity contribution in [2.24, 2.45) is 0 Å². The van der Waals surface area contributed by atoms with Crippen LogP contribution in [-0.2, 0) is 4.79 Å². The van der Waals surface area contributed by atoms with Gasteiger partial charge in [0, 0.05) is 0 Å². The maximum atomic E-state index is 9.87. The zero-order chi connectivity index (χ0) is 5.98. The summed E-state index contributed by atoms with van der Waals surface area (Å²) in [5.74, 6) is 0.296. The van der Waals surface area contributed by atoms with Gasteiger partial charge in [0.05, 0.1) is 6.26 Å². The largest absolute Gasteiger partial charge is 0.460 e. The number of carbonyl (C=O) groups excluding carboxylic acids is 1. The van der Waals surface area contributed by atoms with E-state index in [0.717, 1.165) is 5.56 Å². The first-order valence-electron chi connectivity index (χ1n) is 2.27. The van der Waals surface area contributed by atoms with Crippen molar-refractivity contribution in [2.45, 2.75) is 6.92 Å². The van der Waals surface area contributed by atoms with Crippen LogP contribution in [0.25, 0.3) is 0 Å². The average molecular weight is 109 g/mol. The maximum absolute atomic E-state index is 9.87. The lowest BCUT2D eigenvalue weighted by atomic mass is 10.3. The van der Waals surface area contributed by atoms with E-state index in [0.29, 0.717) is 5.76 Å². The molecule has 1 rings (SSSR count). The van der Waals surface area contributed by atoms with Gasteiger partial charge < -0.3 is 4.42 Å². The Balaban J connectivity index is 3.09. The van der Waals surface area contributed by atoms with Crippen LogP contribution in [0.1, 0.15) is 11.3 Å². The molecule has 0 unspecified atom stereocenters. The van der Waals surface area contributed by atoms with Crippen LogP contribution in [0.2, 0.25) is 0 Å². The minimum absolute atomic E-state index is 0.296. The Bertz CT molecular complexity index is 188. The zero-order valence-corrected chi connectivity index (χ0v) is 4.47. The normalized spacial score (nSPS) is 9.12. The topological polar surface area (TPSA) is 30.2 Å². The molecule has 0 fully saturated rings. The molecule has 0 bridgehead atoms. The van der Waals surface area contributed by atoms with Crippen LogP contribution in [-0.4, -0.2) is 6.29 Å². The van der Waals surface area contributed by atoms with Gasteiger partial charge in [0.25, 0.3) is 6.29 Å². The molecule has 1 aromatic heterocycles. The maximum Gasteiger partial charge on any atom is 0.272 e. The van der Waals surface area contributed by atoms with Gasteiger partial charge in [-0.3, -0.25) is 4.79 Å². The minimum Gasteiger partial charge on any atom is -0.460 e. The van der Waals surface area contributed by atoms with Gasteiger partial charge in [0.2, 0.25) is 0 Å². The summed E-state index contributed by atoms with van der Waals surface area (Å²) in [6.07, 6.45) is 3.13. The van der Waals surface area contributed by atoms with Crippen LogP contribution in [0.4, 0.5) is 0 Å². The Hall–Kier alpha value is -1.05. The first-order valence-corrected chi connectivity index (χ1v) is 2.27. The SMILES string of the molecule is Cc1ccoc1[C]=O. The molecule has 0 saturated carbocycles. The molecule has 0 aliphatic heterocycles. The predicted molar refractivity (Wildman–Crippen MR) is 28.2 cm³/mol. The predicted octanol–water partition coefficient (Wildman–Crippen LogP) is 1.05. The summed E-state index contributed by atoms with van der Waals surface area (Å²) in [7, 11) is 0. The molecule has 8 heavy (non-hydrogen) atoms. The number of rotatable bonds is 1. The van der Waals surface area contributed by atoms with E-state index in [9.17, 15) is 4.79 Å². The summed E-state index contributed by atoms with van der Waals surface area (Å²) in [5, 5.41) is 0. The lowest BCUT2D eigenvalue weighted by molar-refractivity contribution is 0.517. The Morgan fingerprint density at radius 1 is 1.75 bits per heavy atom. The molecule has 0 aliphatic carbocycles. The van der Waals surface area contributed by atoms with E-state index in [1.807, 2.05) is 0 Å². The van der Waals surface area contributed by atoms with Crippen LogP contribution in [0.3, 0.4) is 0 Å². The third-order valence-electron chi connectivity index (χ3n) is 0.955. The molecule has 0 N–H and O–H groups in total. The van der Waals surface area contributed by atoms with Gasteiger partial charge in [-0.25, -0.2) is 0 Å². The molecule has 0 aliphatic rings. The highest BCUT2D eigenvalue weighted by Gasteiger charge is 1.97. The van der Waals surface area contributed by atoms with Crippen molar-refractivity contribution >= 4 is 6.29 Å². The molecule has 1 radical (unpaired) electrons. The standard InChI is InChI=1S/C6H5O2/c1-5-2-3-8-6(5)4-7/h2-3H,1H3. The second-order valence-electron chi connectivity index (χ2n) is 1.53. The molecule has 1 heterocycles. The van der Waals surface area contributed by atoms with E-state index in [-0.39, 0.29) is 0 Å². The summed E-state index contributed by atoms with van der Waals surface area (Å²) in [5.41, 5.74) is 0.833. The lowest BCUT2D eigenvalue weighted by Gasteiger charge is -1.76. The molecule has 2 heteroatoms. The summed E-state index contributed by atoms with van der Waals surface area (Å²) in [6, 6.07) is 1.72. The first kappa shape index (κ1) is 5.09. The molecule has 0 amide bonds. The van der Waals surface area contributed by atoms with Gasteiger partial charge >= 0.3 is 0 Å². The monoisotopic (exact) mass is 109 g/mol. The van der Waals surface area contributed by atoms with Crippen molar-refractivity contribution in [3.05, 3.63) is 23.7 Å². The molecule has 0 atom stereocenters. The molecular weight excluding hydrogens is 104 g/mol. The molecule has 0 spiro atoms. The summed E-state index contributed by atoms with van der Waals surface area (Å²) in [6.45, 7) is 1.80. The van der Waals surface area contributed by atoms with Gasteiger partial charge in [-0.1, -0.05) is 0 Å². The van der Waals surface area contributed by atoms with Crippen LogP contribution in [0.15, 0.2) is 16.7 Å². The molecule has 0 saturated heterocycles. The average Bonchev–Trinajstić information content (AvgIpc) is 2.14. The number of hydrogen-bond acceptors (Lipinski definition) is 2. The van der Waals surface area contributed by atoms with E-state index in [1.165, 1.54) is 6.26 Å². The van der Waals surface area contributed by atoms with Crippen LogP contribution in [0, 0.1) is 6.92 Å². The van der Waals surface area contributed by atoms with Gasteiger partial charge in [-0.2, -0.15) is 0 Å². The summed E-state index contributed by atoms with van der Waals surface area (Å²) in [4.78, 5) is 9.87. The second-order valence-corrected chi connectivity index (χ2v) is 1.53. The highest BCUT2D eigenvalue weighted by atomic mass is 16.3. The Morgan fingerprint density at radius 3 is 2.75 bits per heavy atom. The molecular formula is C6H5O2. The second kappa shape index (κ2) is 1.82. The van der Waals surface area contributed by atoms with Crippen LogP contribution < -0.4 is 0 Å². The van der Waals surface area contributed by atoms with Crippen molar-refractivity contribution in [1.82, 2.24) is 0 Å². The minimum atomic E-state index is 0.296. The highest BCUT2D eigenvalue weighted by Crippen LogP contribution is 2.03. The third kappa shape index (κ3) is 0.644. The fraction of sp³-hybridized carbons (Fsp3) is 0.167. The molecule has 1 aromatic rings. The number of furan rings is 1. The third-order valence-corrected chi connectivity index (χ3v) is 0.955. The Kier molecular flexibility index (Phi) is 1.16. The Morgan fingerprint density at radius 2 is 2.50 bits per heavy atom. The Labute approximate surface area is 47.1 Å². The fourth-order valence-electron chi connectivity index (χ4n) is 0.477. The highest BCUT2D eigenvalue weighted by molar-refractivity contribution is 5.73. The lowest BCUT2D eigenvalue weighted by Crippen LogP contribution is -1.75. The quantitative estimate of drug-likeness (QED) is 0.539. The fourth-order valence-corrected chi connectivity index (χ4v) is 0.477. The van der Waals surface area contributed by atoms with Gasteiger partial charge in [0.1, 0.15) is 0 Å². The zero-order valence-electron chi connectivity index (χ0n) is 4.47. The van der Waals surface area contributed by atoms with Gasteiger partial charge in [-0.05, 0) is 18.6 Å². The van der Waals surface area contributed by atoms with Crippen molar-refractivity contribution in [3.63, 3.8) is 0 Å².